The number of hydrogen-bond donors (Lipinski definition) is 0. The Hall–Kier alpha value is -0.0700. The van der Waals surface area contributed by atoms with Crippen LogP contribution in [0.3, 0.4) is 0 Å². The van der Waals surface area contributed by atoms with Crippen molar-refractivity contribution < 1.29 is 4.79 Å². The van der Waals surface area contributed by atoms with Crippen molar-refractivity contribution in [1.82, 2.24) is 0 Å². The van der Waals surface area contributed by atoms with Crippen molar-refractivity contribution in [3.05, 3.63) is 26.6 Å². The molecule has 2 rings (SSSR count). The number of benzene rings is 1. The minimum Gasteiger partial charge on any atom is -0.298 e. The third kappa shape index (κ3) is 1.59. The van der Waals surface area contributed by atoms with Crippen LogP contribution < -0.4 is 0 Å². The molecule has 0 radical (unpaired) electrons. The molecule has 0 atom stereocenters. The molecule has 0 saturated carbocycles. The average Bonchev–Trinajstić information content (AvgIpc) is 2.65. The minimum atomic E-state index is 0.823. The van der Waals surface area contributed by atoms with Gasteiger partial charge in [0.2, 0.25) is 0 Å². The van der Waals surface area contributed by atoms with Gasteiger partial charge in [-0.05, 0) is 46.4 Å². The fraction of sp³-hybridized carbons (Fsp3) is 0.100. The van der Waals surface area contributed by atoms with Crippen molar-refractivity contribution in [2.24, 2.45) is 0 Å². The molecular weight excluding hydrogens is 327 g/mol. The van der Waals surface area contributed by atoms with Gasteiger partial charge in [0.05, 0.1) is 0 Å². The number of carbonyl (C=O) groups is 1. The normalized spacial score (nSPS) is 10.7. The summed E-state index contributed by atoms with van der Waals surface area (Å²) in [5.41, 5.74) is 0.823. The van der Waals surface area contributed by atoms with Gasteiger partial charge in [-0.1, -0.05) is 0 Å². The summed E-state index contributed by atoms with van der Waals surface area (Å²) >= 11 is 5.59. The van der Waals surface area contributed by atoms with Crippen LogP contribution in [0.1, 0.15) is 10.4 Å². The third-order valence-corrected chi connectivity index (χ3v) is 4.84. The molecule has 1 aromatic carbocycles. The summed E-state index contributed by atoms with van der Waals surface area (Å²) < 4.78 is 2.32. The van der Waals surface area contributed by atoms with Gasteiger partial charge in [0.15, 0.2) is 6.29 Å². The summed E-state index contributed by atoms with van der Waals surface area (Å²) in [5, 5.41) is 3.25. The van der Waals surface area contributed by atoms with Crippen LogP contribution in [0.2, 0.25) is 0 Å². The zero-order chi connectivity index (χ0) is 10.1. The van der Waals surface area contributed by atoms with E-state index in [0.29, 0.717) is 0 Å². The lowest BCUT2D eigenvalue weighted by Gasteiger charge is -2.04. The van der Waals surface area contributed by atoms with E-state index >= 15 is 0 Å². The Kier molecular flexibility index (Phi) is 3.14. The number of thiophene rings is 1. The molecular formula is C10H7IOS2. The standard InChI is InChI=1S/C10H7IOS2/c1-13-8-4-9-6(2-3-14-9)10(11)7(8)5-12/h2-5H,1H3. The Balaban J connectivity index is 2.85. The molecule has 1 nitrogen and oxygen atoms in total. The molecule has 0 amide bonds. The van der Waals surface area contributed by atoms with E-state index in [2.05, 4.69) is 40.1 Å². The van der Waals surface area contributed by atoms with Gasteiger partial charge in [-0.2, -0.15) is 0 Å². The highest BCUT2D eigenvalue weighted by Crippen LogP contribution is 2.33. The molecule has 0 aliphatic carbocycles. The first kappa shape index (κ1) is 10.4. The molecule has 1 aromatic heterocycles. The van der Waals surface area contributed by atoms with Gasteiger partial charge in [0.1, 0.15) is 0 Å². The highest BCUT2D eigenvalue weighted by atomic mass is 127. The van der Waals surface area contributed by atoms with Crippen LogP contribution in [0.15, 0.2) is 22.4 Å². The predicted molar refractivity (Wildman–Crippen MR) is 71.7 cm³/mol. The van der Waals surface area contributed by atoms with Crippen molar-refractivity contribution in [1.29, 1.82) is 0 Å². The van der Waals surface area contributed by atoms with Gasteiger partial charge in [0, 0.05) is 24.1 Å². The Labute approximate surface area is 104 Å². The van der Waals surface area contributed by atoms with E-state index in [1.807, 2.05) is 6.26 Å². The first-order valence-electron chi connectivity index (χ1n) is 3.96. The van der Waals surface area contributed by atoms with Crippen molar-refractivity contribution in [2.45, 2.75) is 4.90 Å². The molecule has 0 spiro atoms. The van der Waals surface area contributed by atoms with Crippen LogP contribution in [0.4, 0.5) is 0 Å². The molecule has 0 saturated heterocycles. The maximum absolute atomic E-state index is 11.0. The fourth-order valence-corrected chi connectivity index (χ4v) is 4.11. The number of fused-ring (bicyclic) bond motifs is 1. The van der Waals surface area contributed by atoms with Crippen LogP contribution in [0, 0.1) is 3.57 Å². The third-order valence-electron chi connectivity index (χ3n) is 2.03. The number of carbonyl (C=O) groups excluding carboxylic acids is 1. The SMILES string of the molecule is CSc1cc2sccc2c(I)c1C=O. The summed E-state index contributed by atoms with van der Waals surface area (Å²) in [7, 11) is 0. The average molecular weight is 334 g/mol. The molecule has 1 heterocycles. The van der Waals surface area contributed by atoms with E-state index < -0.39 is 0 Å². The molecule has 0 bridgehead atoms. The van der Waals surface area contributed by atoms with Crippen molar-refractivity contribution in [3.63, 3.8) is 0 Å². The molecule has 14 heavy (non-hydrogen) atoms. The number of rotatable bonds is 2. The van der Waals surface area contributed by atoms with E-state index in [9.17, 15) is 4.79 Å². The second kappa shape index (κ2) is 4.20. The zero-order valence-corrected chi connectivity index (χ0v) is 11.2. The van der Waals surface area contributed by atoms with Crippen molar-refractivity contribution in [2.75, 3.05) is 6.26 Å². The van der Waals surface area contributed by atoms with Gasteiger partial charge >= 0.3 is 0 Å². The van der Waals surface area contributed by atoms with Crippen LogP contribution in [-0.4, -0.2) is 12.5 Å². The highest BCUT2D eigenvalue weighted by Gasteiger charge is 2.10. The maximum Gasteiger partial charge on any atom is 0.152 e. The zero-order valence-electron chi connectivity index (χ0n) is 7.41. The van der Waals surface area contributed by atoms with Crippen LogP contribution in [0.5, 0.6) is 0 Å². The smallest absolute Gasteiger partial charge is 0.152 e. The molecule has 0 fully saturated rings. The summed E-state index contributed by atoms with van der Waals surface area (Å²) in [6.07, 6.45) is 2.95. The van der Waals surface area contributed by atoms with Crippen LogP contribution in [-0.2, 0) is 0 Å². The Morgan fingerprint density at radius 2 is 2.36 bits per heavy atom. The molecule has 0 aliphatic rings. The number of thioether (sulfide) groups is 1. The lowest BCUT2D eigenvalue weighted by atomic mass is 10.2. The summed E-state index contributed by atoms with van der Waals surface area (Å²) in [6.45, 7) is 0. The summed E-state index contributed by atoms with van der Waals surface area (Å²) in [5.74, 6) is 0. The van der Waals surface area contributed by atoms with Crippen LogP contribution in [0.25, 0.3) is 10.1 Å². The van der Waals surface area contributed by atoms with E-state index in [1.54, 1.807) is 23.1 Å². The van der Waals surface area contributed by atoms with Gasteiger partial charge in [-0.3, -0.25) is 4.79 Å². The number of aldehydes is 1. The predicted octanol–water partition coefficient (Wildman–Crippen LogP) is 4.04. The molecule has 4 heteroatoms. The van der Waals surface area contributed by atoms with Gasteiger partial charge < -0.3 is 0 Å². The Morgan fingerprint density at radius 1 is 1.57 bits per heavy atom. The molecule has 2 aromatic rings. The largest absolute Gasteiger partial charge is 0.298 e. The first-order valence-corrected chi connectivity index (χ1v) is 7.15. The van der Waals surface area contributed by atoms with Gasteiger partial charge in [-0.25, -0.2) is 0 Å². The Morgan fingerprint density at radius 3 is 3.00 bits per heavy atom. The topological polar surface area (TPSA) is 17.1 Å². The number of hydrogen-bond acceptors (Lipinski definition) is 3. The second-order valence-corrected chi connectivity index (χ2v) is 5.63. The van der Waals surface area contributed by atoms with Crippen molar-refractivity contribution in [3.8, 4) is 0 Å². The number of halogens is 1. The van der Waals surface area contributed by atoms with E-state index in [0.717, 1.165) is 20.3 Å². The molecule has 0 aliphatic heterocycles. The fourth-order valence-electron chi connectivity index (χ4n) is 1.34. The molecule has 72 valence electrons. The summed E-state index contributed by atoms with van der Waals surface area (Å²) in [4.78, 5) is 12.0. The maximum atomic E-state index is 11.0. The van der Waals surface area contributed by atoms with Crippen molar-refractivity contribution >= 4 is 62.1 Å². The summed E-state index contributed by atoms with van der Waals surface area (Å²) in [6, 6.07) is 4.16. The van der Waals surface area contributed by atoms with E-state index in [1.165, 1.54) is 10.1 Å². The van der Waals surface area contributed by atoms with Gasteiger partial charge in [0.25, 0.3) is 0 Å². The minimum absolute atomic E-state index is 0.823. The lowest BCUT2D eigenvalue weighted by molar-refractivity contribution is 0.112. The van der Waals surface area contributed by atoms with E-state index in [4.69, 9.17) is 0 Å². The second-order valence-electron chi connectivity index (χ2n) is 2.76. The molecule has 0 unspecified atom stereocenters. The van der Waals surface area contributed by atoms with Crippen LogP contribution >= 0.6 is 45.7 Å². The monoisotopic (exact) mass is 334 g/mol. The Bertz CT molecular complexity index is 490. The molecule has 0 N–H and O–H groups in total. The van der Waals surface area contributed by atoms with Gasteiger partial charge in [-0.15, -0.1) is 23.1 Å². The first-order chi connectivity index (χ1) is 6.77. The lowest BCUT2D eigenvalue weighted by Crippen LogP contribution is -1.89. The quantitative estimate of drug-likeness (QED) is 0.468. The highest BCUT2D eigenvalue weighted by molar-refractivity contribution is 14.1. The van der Waals surface area contributed by atoms with E-state index in [-0.39, 0.29) is 0 Å².